The van der Waals surface area contributed by atoms with Crippen molar-refractivity contribution in [1.29, 1.82) is 0 Å². The van der Waals surface area contributed by atoms with E-state index < -0.39 is 0 Å². The summed E-state index contributed by atoms with van der Waals surface area (Å²) in [6.45, 7) is 5.32. The molecule has 5 rings (SSSR count). The Kier molecular flexibility index (Phi) is 7.79. The normalized spacial score (nSPS) is 15.6. The first kappa shape index (κ1) is 26.0. The molecule has 1 atom stereocenters. The molecule has 6 nitrogen and oxygen atoms in total. The Bertz CT molecular complexity index is 1460. The Morgan fingerprint density at radius 1 is 1.08 bits per heavy atom. The van der Waals surface area contributed by atoms with Crippen LogP contribution in [0.15, 0.2) is 66.9 Å². The van der Waals surface area contributed by atoms with Crippen LogP contribution in [0.3, 0.4) is 0 Å². The quantitative estimate of drug-likeness (QED) is 0.261. The first-order valence-corrected chi connectivity index (χ1v) is 13.6. The molecule has 196 valence electrons. The predicted octanol–water partition coefficient (Wildman–Crippen LogP) is 6.36. The predicted molar refractivity (Wildman–Crippen MR) is 150 cm³/mol. The SMILES string of the molecule is CCOC(=O)[C@H]1CCCN(C(=O)CCc2c(-c3ccccc3)nc3ccc(-c4ccc(Cl)cc4C)cn23)C1. The number of aromatic nitrogens is 2. The van der Waals surface area contributed by atoms with E-state index in [9.17, 15) is 9.59 Å². The van der Waals surface area contributed by atoms with Crippen LogP contribution in [-0.4, -0.2) is 45.9 Å². The van der Waals surface area contributed by atoms with Gasteiger partial charge in [-0.2, -0.15) is 0 Å². The number of nitrogens with zero attached hydrogens (tertiary/aromatic N) is 3. The molecule has 38 heavy (non-hydrogen) atoms. The van der Waals surface area contributed by atoms with Crippen LogP contribution >= 0.6 is 11.6 Å². The van der Waals surface area contributed by atoms with Gasteiger partial charge in [-0.3, -0.25) is 9.59 Å². The highest BCUT2D eigenvalue weighted by Gasteiger charge is 2.29. The molecule has 1 aliphatic heterocycles. The first-order valence-electron chi connectivity index (χ1n) is 13.2. The van der Waals surface area contributed by atoms with Crippen LogP contribution in [0.4, 0.5) is 0 Å². The largest absolute Gasteiger partial charge is 0.466 e. The zero-order chi connectivity index (χ0) is 26.6. The number of carbonyl (C=O) groups excluding carboxylic acids is 2. The third kappa shape index (κ3) is 5.46. The molecule has 0 N–H and O–H groups in total. The second kappa shape index (κ2) is 11.4. The van der Waals surface area contributed by atoms with Gasteiger partial charge in [-0.05, 0) is 74.1 Å². The van der Waals surface area contributed by atoms with Gasteiger partial charge in [-0.25, -0.2) is 4.98 Å². The monoisotopic (exact) mass is 529 g/mol. The number of fused-ring (bicyclic) bond motifs is 1. The number of likely N-dealkylation sites (tertiary alicyclic amines) is 1. The van der Waals surface area contributed by atoms with Gasteiger partial charge in [0, 0.05) is 36.3 Å². The lowest BCUT2D eigenvalue weighted by Crippen LogP contribution is -2.42. The lowest BCUT2D eigenvalue weighted by molar-refractivity contribution is -0.151. The molecule has 0 saturated carbocycles. The van der Waals surface area contributed by atoms with Crippen molar-refractivity contribution in [2.45, 2.75) is 39.5 Å². The Morgan fingerprint density at radius 2 is 1.89 bits per heavy atom. The van der Waals surface area contributed by atoms with Gasteiger partial charge in [0.2, 0.25) is 5.91 Å². The molecule has 1 aliphatic rings. The molecule has 2 aromatic heterocycles. The number of imidazole rings is 1. The van der Waals surface area contributed by atoms with Crippen LogP contribution < -0.4 is 0 Å². The summed E-state index contributed by atoms with van der Waals surface area (Å²) in [5, 5.41) is 0.712. The van der Waals surface area contributed by atoms with Crippen LogP contribution in [0.5, 0.6) is 0 Å². The van der Waals surface area contributed by atoms with Crippen molar-refractivity contribution in [3.05, 3.63) is 83.1 Å². The number of esters is 1. The Labute approximate surface area is 228 Å². The Hall–Kier alpha value is -3.64. The van der Waals surface area contributed by atoms with Crippen molar-refractivity contribution < 1.29 is 14.3 Å². The molecule has 1 saturated heterocycles. The molecule has 7 heteroatoms. The standard InChI is InChI=1S/C31H32ClN3O3/c1-3-38-31(37)24-10-7-17-34(19-24)29(36)16-14-27-30(22-8-5-4-6-9-22)33-28-15-11-23(20-35(27)28)26-13-12-25(32)18-21(26)2/h4-6,8-9,11-13,15,18,20,24H,3,7,10,14,16-17,19H2,1-2H3/t24-/m0/s1. The number of pyridine rings is 1. The van der Waals surface area contributed by atoms with Gasteiger partial charge < -0.3 is 14.0 Å². The molecule has 1 fully saturated rings. The van der Waals surface area contributed by atoms with Gasteiger partial charge in [0.15, 0.2) is 0 Å². The maximum Gasteiger partial charge on any atom is 0.310 e. The molecule has 2 aromatic carbocycles. The molecule has 0 bridgehead atoms. The van der Waals surface area contributed by atoms with Crippen molar-refractivity contribution in [3.63, 3.8) is 0 Å². The first-order chi connectivity index (χ1) is 18.4. The fraction of sp³-hybridized carbons (Fsp3) is 0.323. The van der Waals surface area contributed by atoms with Gasteiger partial charge in [0.25, 0.3) is 0 Å². The van der Waals surface area contributed by atoms with E-state index >= 15 is 0 Å². The van der Waals surface area contributed by atoms with Crippen LogP contribution in [0.25, 0.3) is 28.0 Å². The molecule has 0 unspecified atom stereocenters. The number of piperidine rings is 1. The summed E-state index contributed by atoms with van der Waals surface area (Å²) in [6, 6.07) is 20.1. The average molecular weight is 530 g/mol. The molecule has 4 aromatic rings. The second-order valence-corrected chi connectivity index (χ2v) is 10.2. The Morgan fingerprint density at radius 3 is 2.66 bits per heavy atom. The fourth-order valence-electron chi connectivity index (χ4n) is 5.31. The minimum absolute atomic E-state index is 0.0534. The van der Waals surface area contributed by atoms with Crippen LogP contribution in [-0.2, 0) is 20.7 Å². The van der Waals surface area contributed by atoms with Crippen molar-refractivity contribution in [1.82, 2.24) is 14.3 Å². The number of rotatable bonds is 7. The third-order valence-corrected chi connectivity index (χ3v) is 7.47. The number of amides is 1. The van der Waals surface area contributed by atoms with E-state index in [1.807, 2.05) is 66.4 Å². The smallest absolute Gasteiger partial charge is 0.310 e. The van der Waals surface area contributed by atoms with Gasteiger partial charge in [-0.1, -0.05) is 48.0 Å². The van der Waals surface area contributed by atoms with Gasteiger partial charge in [-0.15, -0.1) is 0 Å². The molecular formula is C31H32ClN3O3. The lowest BCUT2D eigenvalue weighted by Gasteiger charge is -2.31. The van der Waals surface area contributed by atoms with Gasteiger partial charge in [0.05, 0.1) is 23.9 Å². The summed E-state index contributed by atoms with van der Waals surface area (Å²) in [6.07, 6.45) is 4.55. The number of ether oxygens (including phenoxy) is 1. The average Bonchev–Trinajstić information content (AvgIpc) is 3.30. The van der Waals surface area contributed by atoms with E-state index in [4.69, 9.17) is 21.3 Å². The van der Waals surface area contributed by atoms with Crippen LogP contribution in [0.1, 0.15) is 37.4 Å². The molecule has 0 aliphatic carbocycles. The maximum atomic E-state index is 13.3. The Balaban J connectivity index is 1.45. The zero-order valence-electron chi connectivity index (χ0n) is 21.8. The van der Waals surface area contributed by atoms with Crippen molar-refractivity contribution >= 4 is 29.1 Å². The molecule has 0 spiro atoms. The number of carbonyl (C=O) groups is 2. The molecule has 1 amide bonds. The summed E-state index contributed by atoms with van der Waals surface area (Å²) < 4.78 is 7.32. The van der Waals surface area contributed by atoms with E-state index in [0.717, 1.165) is 52.1 Å². The van der Waals surface area contributed by atoms with E-state index in [-0.39, 0.29) is 17.8 Å². The van der Waals surface area contributed by atoms with Crippen LogP contribution in [0, 0.1) is 12.8 Å². The number of hydrogen-bond donors (Lipinski definition) is 0. The maximum absolute atomic E-state index is 13.3. The van der Waals surface area contributed by atoms with E-state index in [1.54, 1.807) is 0 Å². The van der Waals surface area contributed by atoms with Gasteiger partial charge >= 0.3 is 5.97 Å². The lowest BCUT2D eigenvalue weighted by atomic mass is 9.97. The highest BCUT2D eigenvalue weighted by atomic mass is 35.5. The number of benzene rings is 2. The third-order valence-electron chi connectivity index (χ3n) is 7.23. The summed E-state index contributed by atoms with van der Waals surface area (Å²) in [4.78, 5) is 32.3. The van der Waals surface area contributed by atoms with E-state index in [0.29, 0.717) is 37.6 Å². The molecule has 0 radical (unpaired) electrons. The van der Waals surface area contributed by atoms with Crippen molar-refractivity contribution in [3.8, 4) is 22.4 Å². The fourth-order valence-corrected chi connectivity index (χ4v) is 5.54. The van der Waals surface area contributed by atoms with Crippen LogP contribution in [0.2, 0.25) is 5.02 Å². The summed E-state index contributed by atoms with van der Waals surface area (Å²) in [5.41, 5.74) is 6.98. The highest BCUT2D eigenvalue weighted by Crippen LogP contribution is 2.30. The summed E-state index contributed by atoms with van der Waals surface area (Å²) in [7, 11) is 0. The number of hydrogen-bond acceptors (Lipinski definition) is 4. The van der Waals surface area contributed by atoms with Crippen molar-refractivity contribution in [2.24, 2.45) is 5.92 Å². The number of halogens is 1. The van der Waals surface area contributed by atoms with Crippen molar-refractivity contribution in [2.75, 3.05) is 19.7 Å². The van der Waals surface area contributed by atoms with E-state index in [1.165, 1.54) is 0 Å². The summed E-state index contributed by atoms with van der Waals surface area (Å²) in [5.74, 6) is -0.394. The minimum atomic E-state index is -0.242. The van der Waals surface area contributed by atoms with E-state index in [2.05, 4.69) is 23.6 Å². The number of aryl methyl sites for hydroxylation is 2. The molecule has 3 heterocycles. The second-order valence-electron chi connectivity index (χ2n) is 9.81. The summed E-state index contributed by atoms with van der Waals surface area (Å²) >= 11 is 6.20. The topological polar surface area (TPSA) is 63.9 Å². The minimum Gasteiger partial charge on any atom is -0.466 e. The molecular weight excluding hydrogens is 498 g/mol. The highest BCUT2D eigenvalue weighted by molar-refractivity contribution is 6.30. The zero-order valence-corrected chi connectivity index (χ0v) is 22.6. The van der Waals surface area contributed by atoms with Gasteiger partial charge in [0.1, 0.15) is 5.65 Å².